The summed E-state index contributed by atoms with van der Waals surface area (Å²) in [6.45, 7) is 1.57. The number of para-hydroxylation sites is 1. The van der Waals surface area contributed by atoms with Crippen molar-refractivity contribution in [1.82, 2.24) is 9.38 Å². The van der Waals surface area contributed by atoms with Gasteiger partial charge in [-0.25, -0.2) is 4.98 Å². The van der Waals surface area contributed by atoms with Crippen molar-refractivity contribution < 1.29 is 0 Å². The molecule has 0 aliphatic carbocycles. The van der Waals surface area contributed by atoms with Gasteiger partial charge in [0.05, 0.1) is 12.2 Å². The highest BCUT2D eigenvalue weighted by molar-refractivity contribution is 5.50. The van der Waals surface area contributed by atoms with Gasteiger partial charge in [-0.05, 0) is 29.8 Å². The minimum Gasteiger partial charge on any atom is -0.398 e. The van der Waals surface area contributed by atoms with Crippen molar-refractivity contribution in [3.63, 3.8) is 0 Å². The summed E-state index contributed by atoms with van der Waals surface area (Å²) in [5.74, 6) is 0. The van der Waals surface area contributed by atoms with E-state index in [4.69, 9.17) is 10.7 Å². The van der Waals surface area contributed by atoms with Gasteiger partial charge in [0.2, 0.25) is 0 Å². The molecule has 0 spiro atoms. The van der Waals surface area contributed by atoms with Gasteiger partial charge in [-0.15, -0.1) is 0 Å². The van der Waals surface area contributed by atoms with Gasteiger partial charge in [-0.2, -0.15) is 0 Å². The van der Waals surface area contributed by atoms with Gasteiger partial charge in [-0.3, -0.25) is 0 Å². The highest BCUT2D eigenvalue weighted by Crippen LogP contribution is 2.20. The highest BCUT2D eigenvalue weighted by Gasteiger charge is 2.11. The molecule has 0 aliphatic heterocycles. The molecule has 0 fully saturated rings. The van der Waals surface area contributed by atoms with Crippen LogP contribution in [0, 0.1) is 0 Å². The fourth-order valence-electron chi connectivity index (χ4n) is 3.01. The van der Waals surface area contributed by atoms with E-state index in [-0.39, 0.29) is 0 Å². The van der Waals surface area contributed by atoms with Crippen LogP contribution in [0.25, 0.3) is 5.65 Å². The van der Waals surface area contributed by atoms with Crippen molar-refractivity contribution in [3.05, 3.63) is 96.4 Å². The Morgan fingerprint density at radius 2 is 1.52 bits per heavy atom. The molecule has 0 bridgehead atoms. The van der Waals surface area contributed by atoms with Crippen molar-refractivity contribution in [3.8, 4) is 0 Å². The molecule has 0 aliphatic rings. The molecule has 4 heteroatoms. The number of anilines is 2. The second-order valence-corrected chi connectivity index (χ2v) is 6.14. The number of pyridine rings is 1. The Labute approximate surface area is 147 Å². The molecule has 0 unspecified atom stereocenters. The number of aromatic nitrogens is 2. The van der Waals surface area contributed by atoms with Crippen molar-refractivity contribution in [2.45, 2.75) is 13.1 Å². The van der Waals surface area contributed by atoms with E-state index in [1.807, 2.05) is 41.1 Å². The lowest BCUT2D eigenvalue weighted by molar-refractivity contribution is 0.786. The lowest BCUT2D eigenvalue weighted by Gasteiger charge is -2.24. The van der Waals surface area contributed by atoms with Crippen LogP contribution in [0.4, 0.5) is 11.4 Å². The summed E-state index contributed by atoms with van der Waals surface area (Å²) in [6.07, 6.45) is 3.95. The summed E-state index contributed by atoms with van der Waals surface area (Å²) in [7, 11) is 0. The molecule has 4 aromatic rings. The lowest BCUT2D eigenvalue weighted by atomic mass is 10.2. The number of nitrogens with zero attached hydrogens (tertiary/aromatic N) is 3. The smallest absolute Gasteiger partial charge is 0.137 e. The van der Waals surface area contributed by atoms with Crippen LogP contribution in [0.15, 0.2) is 85.2 Å². The van der Waals surface area contributed by atoms with E-state index in [9.17, 15) is 0 Å². The molecule has 0 atom stereocenters. The average molecular weight is 328 g/mol. The van der Waals surface area contributed by atoms with Crippen molar-refractivity contribution in [1.29, 1.82) is 0 Å². The topological polar surface area (TPSA) is 46.6 Å². The fourth-order valence-corrected chi connectivity index (χ4v) is 3.01. The van der Waals surface area contributed by atoms with Crippen LogP contribution >= 0.6 is 0 Å². The predicted octanol–water partition coefficient (Wildman–Crippen LogP) is 4.12. The minimum absolute atomic E-state index is 0.737. The molecule has 0 amide bonds. The van der Waals surface area contributed by atoms with Crippen molar-refractivity contribution >= 4 is 17.0 Å². The Balaban J connectivity index is 1.65. The lowest BCUT2D eigenvalue weighted by Crippen LogP contribution is -2.22. The van der Waals surface area contributed by atoms with Gasteiger partial charge in [0.1, 0.15) is 5.65 Å². The Bertz CT molecular complexity index is 961. The molecule has 2 aromatic carbocycles. The quantitative estimate of drug-likeness (QED) is 0.599. The minimum atomic E-state index is 0.737. The molecule has 2 aromatic heterocycles. The Hall–Kier alpha value is -3.27. The van der Waals surface area contributed by atoms with Gasteiger partial charge in [-0.1, -0.05) is 48.5 Å². The van der Waals surface area contributed by atoms with Crippen LogP contribution < -0.4 is 10.6 Å². The van der Waals surface area contributed by atoms with E-state index in [1.165, 1.54) is 11.3 Å². The van der Waals surface area contributed by atoms with Crippen LogP contribution in [-0.2, 0) is 13.1 Å². The Morgan fingerprint density at radius 1 is 0.800 bits per heavy atom. The summed E-state index contributed by atoms with van der Waals surface area (Å²) >= 11 is 0. The number of hydrogen-bond acceptors (Lipinski definition) is 3. The van der Waals surface area contributed by atoms with Crippen LogP contribution in [0.1, 0.15) is 11.3 Å². The zero-order valence-corrected chi connectivity index (χ0v) is 13.9. The average Bonchev–Trinajstić information content (AvgIpc) is 3.04. The number of benzene rings is 2. The zero-order valence-electron chi connectivity index (χ0n) is 13.9. The first kappa shape index (κ1) is 15.3. The third-order valence-corrected chi connectivity index (χ3v) is 4.21. The number of rotatable bonds is 5. The monoisotopic (exact) mass is 328 g/mol. The predicted molar refractivity (Wildman–Crippen MR) is 102 cm³/mol. The van der Waals surface area contributed by atoms with Crippen LogP contribution in [-0.4, -0.2) is 9.38 Å². The molecule has 25 heavy (non-hydrogen) atoms. The number of nitrogen functional groups attached to an aromatic ring is 1. The van der Waals surface area contributed by atoms with Crippen LogP contribution in [0.2, 0.25) is 0 Å². The first-order valence-corrected chi connectivity index (χ1v) is 8.35. The molecule has 2 N–H and O–H groups in total. The standard InChI is InChI=1S/C21H20N4/c22-18-11-12-21-23-19(16-25(21)14-18)15-24(20-9-5-2-6-10-20)13-17-7-3-1-4-8-17/h1-12,14,16H,13,15,22H2. The largest absolute Gasteiger partial charge is 0.398 e. The molecular weight excluding hydrogens is 308 g/mol. The fraction of sp³-hybridized carbons (Fsp3) is 0.0952. The van der Waals surface area contributed by atoms with E-state index < -0.39 is 0 Å². The van der Waals surface area contributed by atoms with Crippen molar-refractivity contribution in [2.75, 3.05) is 10.6 Å². The number of imidazole rings is 1. The maximum atomic E-state index is 5.87. The molecular formula is C21H20N4. The van der Waals surface area contributed by atoms with E-state index in [0.717, 1.165) is 30.1 Å². The molecule has 0 saturated carbocycles. The zero-order chi connectivity index (χ0) is 17.1. The Morgan fingerprint density at radius 3 is 2.28 bits per heavy atom. The molecule has 0 saturated heterocycles. The third-order valence-electron chi connectivity index (χ3n) is 4.21. The maximum Gasteiger partial charge on any atom is 0.137 e. The summed E-state index contributed by atoms with van der Waals surface area (Å²) in [4.78, 5) is 7.06. The first-order chi connectivity index (χ1) is 12.3. The molecule has 0 radical (unpaired) electrons. The molecule has 4 nitrogen and oxygen atoms in total. The van der Waals surface area contributed by atoms with E-state index in [1.54, 1.807) is 0 Å². The molecule has 124 valence electrons. The van der Waals surface area contributed by atoms with E-state index in [2.05, 4.69) is 53.4 Å². The summed E-state index contributed by atoms with van der Waals surface area (Å²) in [5.41, 5.74) is 11.0. The second kappa shape index (κ2) is 6.69. The van der Waals surface area contributed by atoms with E-state index >= 15 is 0 Å². The van der Waals surface area contributed by atoms with Gasteiger partial charge in [0.25, 0.3) is 0 Å². The molecule has 4 rings (SSSR count). The number of hydrogen-bond donors (Lipinski definition) is 1. The maximum absolute atomic E-state index is 5.87. The Kier molecular flexibility index (Phi) is 4.09. The third kappa shape index (κ3) is 3.48. The normalized spacial score (nSPS) is 10.9. The number of fused-ring (bicyclic) bond motifs is 1. The highest BCUT2D eigenvalue weighted by atomic mass is 15.1. The first-order valence-electron chi connectivity index (χ1n) is 8.35. The molecule has 2 heterocycles. The van der Waals surface area contributed by atoms with Gasteiger partial charge < -0.3 is 15.0 Å². The van der Waals surface area contributed by atoms with Crippen LogP contribution in [0.5, 0.6) is 0 Å². The summed E-state index contributed by atoms with van der Waals surface area (Å²) < 4.78 is 1.98. The van der Waals surface area contributed by atoms with Crippen molar-refractivity contribution in [2.24, 2.45) is 0 Å². The van der Waals surface area contributed by atoms with Gasteiger partial charge >= 0.3 is 0 Å². The number of nitrogens with two attached hydrogens (primary N) is 1. The second-order valence-electron chi connectivity index (χ2n) is 6.14. The summed E-state index contributed by atoms with van der Waals surface area (Å²) in [6, 6.07) is 24.8. The van der Waals surface area contributed by atoms with Gasteiger partial charge in [0.15, 0.2) is 0 Å². The SMILES string of the molecule is Nc1ccc2nc(CN(Cc3ccccc3)c3ccccc3)cn2c1. The summed E-state index contributed by atoms with van der Waals surface area (Å²) in [5, 5.41) is 0. The van der Waals surface area contributed by atoms with Crippen LogP contribution in [0.3, 0.4) is 0 Å². The van der Waals surface area contributed by atoms with Gasteiger partial charge in [0, 0.05) is 30.3 Å². The van der Waals surface area contributed by atoms with E-state index in [0.29, 0.717) is 0 Å².